The first kappa shape index (κ1) is 15.2. The average molecular weight is 248 g/mol. The largest absolute Gasteiger partial charge is 0.378 e. The maximum absolute atomic E-state index is 5.78. The van der Waals surface area contributed by atoms with Gasteiger partial charge in [0.2, 0.25) is 0 Å². The summed E-state index contributed by atoms with van der Waals surface area (Å²) in [6.45, 7) is 3.06. The van der Waals surface area contributed by atoms with Crippen LogP contribution >= 0.6 is 0 Å². The third kappa shape index (κ3) is 9.23. The van der Waals surface area contributed by atoms with Crippen LogP contribution in [0.25, 0.3) is 0 Å². The second-order valence-corrected chi connectivity index (χ2v) is 4.99. The number of hydrogen-bond acceptors (Lipinski definition) is 1. The molecule has 1 heterocycles. The van der Waals surface area contributed by atoms with E-state index in [9.17, 15) is 0 Å². The van der Waals surface area contributed by atoms with Crippen LogP contribution in [0.1, 0.15) is 58.3 Å². The lowest BCUT2D eigenvalue weighted by Gasteiger charge is -2.11. The van der Waals surface area contributed by atoms with Crippen LogP contribution < -0.4 is 0 Å². The Bertz CT molecular complexity index is 263. The van der Waals surface area contributed by atoms with Gasteiger partial charge >= 0.3 is 0 Å². The minimum absolute atomic E-state index is 0.421. The highest BCUT2D eigenvalue weighted by Crippen LogP contribution is 2.09. The van der Waals surface area contributed by atoms with Crippen LogP contribution in [0.2, 0.25) is 0 Å². The zero-order valence-electron chi connectivity index (χ0n) is 11.8. The summed E-state index contributed by atoms with van der Waals surface area (Å²) >= 11 is 0. The number of hydrogen-bond donors (Lipinski definition) is 0. The smallest absolute Gasteiger partial charge is 0.0547 e. The Kier molecular flexibility index (Phi) is 9.55. The third-order valence-electron chi connectivity index (χ3n) is 3.21. The standard InChI is InChI=1S/C17H28O/c1-17-15-13-11-9-7-5-3-2-4-6-8-10-12-14-16-18-17/h3-6,10,12,17H,2,7-9,11,13-16H2,1H3. The summed E-state index contributed by atoms with van der Waals surface area (Å²) in [5.74, 6) is 0. The van der Waals surface area contributed by atoms with Crippen LogP contribution in [0, 0.1) is 0 Å². The molecule has 0 radical (unpaired) electrons. The summed E-state index contributed by atoms with van der Waals surface area (Å²) in [4.78, 5) is 0. The summed E-state index contributed by atoms with van der Waals surface area (Å²) < 4.78 is 5.78. The molecule has 0 N–H and O–H groups in total. The van der Waals surface area contributed by atoms with Crippen molar-refractivity contribution in [1.82, 2.24) is 0 Å². The highest BCUT2D eigenvalue weighted by atomic mass is 16.5. The Labute approximate surface area is 113 Å². The van der Waals surface area contributed by atoms with Crippen molar-refractivity contribution in [2.24, 2.45) is 0 Å². The third-order valence-corrected chi connectivity index (χ3v) is 3.21. The van der Waals surface area contributed by atoms with Crippen molar-refractivity contribution < 1.29 is 4.74 Å². The average Bonchev–Trinajstić information content (AvgIpc) is 2.37. The van der Waals surface area contributed by atoms with E-state index in [0.29, 0.717) is 6.10 Å². The second-order valence-electron chi connectivity index (χ2n) is 4.99. The molecule has 0 amide bonds. The maximum Gasteiger partial charge on any atom is 0.0547 e. The van der Waals surface area contributed by atoms with Gasteiger partial charge in [0, 0.05) is 0 Å². The molecule has 0 aromatic carbocycles. The lowest BCUT2D eigenvalue weighted by molar-refractivity contribution is 0.0618. The predicted molar refractivity (Wildman–Crippen MR) is 79.8 cm³/mol. The van der Waals surface area contributed by atoms with Crippen molar-refractivity contribution in [3.8, 4) is 0 Å². The van der Waals surface area contributed by atoms with Crippen LogP contribution in [0.4, 0.5) is 0 Å². The van der Waals surface area contributed by atoms with Crippen LogP contribution in [-0.4, -0.2) is 12.7 Å². The van der Waals surface area contributed by atoms with Gasteiger partial charge in [0.1, 0.15) is 0 Å². The van der Waals surface area contributed by atoms with E-state index in [4.69, 9.17) is 4.74 Å². The van der Waals surface area contributed by atoms with Crippen molar-refractivity contribution in [2.45, 2.75) is 64.4 Å². The Hall–Kier alpha value is -0.820. The molecule has 1 aliphatic heterocycles. The van der Waals surface area contributed by atoms with Gasteiger partial charge < -0.3 is 4.74 Å². The lowest BCUT2D eigenvalue weighted by atomic mass is 10.1. The molecule has 0 spiro atoms. The Morgan fingerprint density at radius 1 is 0.778 bits per heavy atom. The summed E-state index contributed by atoms with van der Waals surface area (Å²) in [5, 5.41) is 0. The predicted octanol–water partition coefficient (Wildman–Crippen LogP) is 5.19. The van der Waals surface area contributed by atoms with Crippen molar-refractivity contribution in [3.63, 3.8) is 0 Å². The van der Waals surface area contributed by atoms with Crippen LogP contribution in [0.3, 0.4) is 0 Å². The minimum Gasteiger partial charge on any atom is -0.378 e. The fourth-order valence-corrected chi connectivity index (χ4v) is 2.07. The SMILES string of the molecule is CC1CCCCCC=CCC=CCC=CCCO1. The van der Waals surface area contributed by atoms with Gasteiger partial charge in [0.15, 0.2) is 0 Å². The van der Waals surface area contributed by atoms with E-state index in [1.165, 1.54) is 32.1 Å². The molecule has 1 rings (SSSR count). The zero-order chi connectivity index (χ0) is 12.9. The Morgan fingerprint density at radius 3 is 2.22 bits per heavy atom. The molecule has 0 aliphatic carbocycles. The van der Waals surface area contributed by atoms with Gasteiger partial charge in [-0.25, -0.2) is 0 Å². The topological polar surface area (TPSA) is 9.23 Å². The molecule has 1 atom stereocenters. The van der Waals surface area contributed by atoms with Gasteiger partial charge in [0.25, 0.3) is 0 Å². The molecule has 0 aromatic heterocycles. The van der Waals surface area contributed by atoms with Crippen molar-refractivity contribution in [1.29, 1.82) is 0 Å². The molecule has 18 heavy (non-hydrogen) atoms. The first-order chi connectivity index (χ1) is 8.89. The zero-order valence-corrected chi connectivity index (χ0v) is 11.8. The normalized spacial score (nSPS) is 24.8. The summed E-state index contributed by atoms with van der Waals surface area (Å²) in [6.07, 6.45) is 23.5. The molecule has 1 aliphatic rings. The highest BCUT2D eigenvalue weighted by Gasteiger charge is 2.00. The van der Waals surface area contributed by atoms with Gasteiger partial charge in [0.05, 0.1) is 12.7 Å². The van der Waals surface area contributed by atoms with Crippen LogP contribution in [-0.2, 0) is 4.74 Å². The van der Waals surface area contributed by atoms with Crippen LogP contribution in [0.5, 0.6) is 0 Å². The Balaban J connectivity index is 2.29. The van der Waals surface area contributed by atoms with Gasteiger partial charge in [-0.05, 0) is 45.4 Å². The molecule has 0 saturated heterocycles. The van der Waals surface area contributed by atoms with Gasteiger partial charge in [-0.2, -0.15) is 0 Å². The molecule has 0 aromatic rings. The monoisotopic (exact) mass is 248 g/mol. The van der Waals surface area contributed by atoms with E-state index in [-0.39, 0.29) is 0 Å². The summed E-state index contributed by atoms with van der Waals surface area (Å²) in [7, 11) is 0. The molecule has 102 valence electrons. The number of ether oxygens (including phenoxy) is 1. The van der Waals surface area contributed by atoms with E-state index in [1.807, 2.05) is 0 Å². The van der Waals surface area contributed by atoms with E-state index in [1.54, 1.807) is 0 Å². The van der Waals surface area contributed by atoms with Gasteiger partial charge in [-0.15, -0.1) is 0 Å². The molecule has 0 fully saturated rings. The van der Waals surface area contributed by atoms with Crippen molar-refractivity contribution in [2.75, 3.05) is 6.61 Å². The molecule has 1 heteroatoms. The van der Waals surface area contributed by atoms with Gasteiger partial charge in [-0.1, -0.05) is 49.3 Å². The molecule has 1 nitrogen and oxygen atoms in total. The van der Waals surface area contributed by atoms with E-state index < -0.39 is 0 Å². The fraction of sp³-hybridized carbons (Fsp3) is 0.647. The Morgan fingerprint density at radius 2 is 1.44 bits per heavy atom. The molecular formula is C17H28O. The van der Waals surface area contributed by atoms with Crippen molar-refractivity contribution in [3.05, 3.63) is 36.5 Å². The summed E-state index contributed by atoms with van der Waals surface area (Å²) in [5.41, 5.74) is 0. The highest BCUT2D eigenvalue weighted by molar-refractivity contribution is 4.97. The molecule has 1 unspecified atom stereocenters. The summed E-state index contributed by atoms with van der Waals surface area (Å²) in [6, 6.07) is 0. The second kappa shape index (κ2) is 11.3. The molecule has 0 saturated carbocycles. The van der Waals surface area contributed by atoms with Gasteiger partial charge in [-0.3, -0.25) is 0 Å². The molecule has 0 bridgehead atoms. The lowest BCUT2D eigenvalue weighted by Crippen LogP contribution is -2.08. The first-order valence-electron chi connectivity index (χ1n) is 7.46. The minimum atomic E-state index is 0.421. The quantitative estimate of drug-likeness (QED) is 0.536. The van der Waals surface area contributed by atoms with E-state index >= 15 is 0 Å². The number of allylic oxidation sites excluding steroid dienone is 5. The first-order valence-corrected chi connectivity index (χ1v) is 7.46. The number of rotatable bonds is 0. The molecular weight excluding hydrogens is 220 g/mol. The van der Waals surface area contributed by atoms with E-state index in [2.05, 4.69) is 43.4 Å². The maximum atomic E-state index is 5.78. The van der Waals surface area contributed by atoms with Crippen molar-refractivity contribution >= 4 is 0 Å². The fourth-order valence-electron chi connectivity index (χ4n) is 2.07. The van der Waals surface area contributed by atoms with E-state index in [0.717, 1.165) is 25.9 Å². The van der Waals surface area contributed by atoms with Crippen LogP contribution in [0.15, 0.2) is 36.5 Å².